The predicted molar refractivity (Wildman–Crippen MR) is 83.4 cm³/mol. The lowest BCUT2D eigenvalue weighted by molar-refractivity contribution is -0.122. The van der Waals surface area contributed by atoms with Gasteiger partial charge in [0.15, 0.2) is 0 Å². The fourth-order valence-electron chi connectivity index (χ4n) is 1.92. The highest BCUT2D eigenvalue weighted by atomic mass is 32.2. The molecule has 0 radical (unpaired) electrons. The molecular formula is C14H23N3O3S. The maximum atomic E-state index is 12.5. The highest BCUT2D eigenvalue weighted by molar-refractivity contribution is 7.89. The van der Waals surface area contributed by atoms with Crippen LogP contribution in [0.4, 0.5) is 5.69 Å². The number of benzene rings is 1. The number of carbonyl (C=O) groups is 1. The number of amides is 1. The maximum absolute atomic E-state index is 12.5. The Morgan fingerprint density at radius 1 is 1.19 bits per heavy atom. The topological polar surface area (TPSA) is 101 Å². The molecule has 118 valence electrons. The fraction of sp³-hybridized carbons (Fsp3) is 0.500. The monoisotopic (exact) mass is 313 g/mol. The molecule has 0 aliphatic heterocycles. The second-order valence-electron chi connectivity index (χ2n) is 5.43. The number of hydrogen-bond acceptors (Lipinski definition) is 4. The van der Waals surface area contributed by atoms with Crippen molar-refractivity contribution in [1.82, 2.24) is 10.0 Å². The van der Waals surface area contributed by atoms with Crippen LogP contribution in [0.25, 0.3) is 0 Å². The molecule has 0 aliphatic rings. The van der Waals surface area contributed by atoms with Gasteiger partial charge in [-0.2, -0.15) is 4.72 Å². The molecule has 0 saturated carbocycles. The minimum Gasteiger partial charge on any atom is -0.398 e. The van der Waals surface area contributed by atoms with Crippen LogP contribution in [-0.2, 0) is 14.8 Å². The standard InChI is InChI=1S/C14H23N3O3S/c1-8(2)16-14(18)11(5)17-21(19,20)13-10(4)9(3)6-7-12(13)15/h6-8,11,17H,15H2,1-5H3,(H,16,18). The third-order valence-electron chi connectivity index (χ3n) is 3.13. The Balaban J connectivity index is 3.08. The quantitative estimate of drug-likeness (QED) is 0.708. The Hall–Kier alpha value is -1.60. The third kappa shape index (κ3) is 4.18. The molecule has 1 aromatic rings. The molecule has 0 aromatic heterocycles. The van der Waals surface area contributed by atoms with Gasteiger partial charge in [0.2, 0.25) is 15.9 Å². The molecule has 1 atom stereocenters. The van der Waals surface area contributed by atoms with E-state index >= 15 is 0 Å². The number of rotatable bonds is 5. The summed E-state index contributed by atoms with van der Waals surface area (Å²) in [4.78, 5) is 11.9. The molecule has 1 aromatic carbocycles. The molecule has 7 heteroatoms. The van der Waals surface area contributed by atoms with Gasteiger partial charge in [-0.25, -0.2) is 8.42 Å². The van der Waals surface area contributed by atoms with Gasteiger partial charge in [0.25, 0.3) is 0 Å². The summed E-state index contributed by atoms with van der Waals surface area (Å²) in [7, 11) is -3.86. The smallest absolute Gasteiger partial charge is 0.243 e. The molecule has 0 heterocycles. The summed E-state index contributed by atoms with van der Waals surface area (Å²) in [6, 6.07) is 2.38. The van der Waals surface area contributed by atoms with Gasteiger partial charge >= 0.3 is 0 Å². The molecule has 0 fully saturated rings. The van der Waals surface area contributed by atoms with Crippen LogP contribution in [0.5, 0.6) is 0 Å². The summed E-state index contributed by atoms with van der Waals surface area (Å²) in [5.74, 6) is -0.377. The van der Waals surface area contributed by atoms with E-state index < -0.39 is 16.1 Å². The molecule has 0 aliphatic carbocycles. The van der Waals surface area contributed by atoms with Gasteiger partial charge in [-0.1, -0.05) is 6.07 Å². The van der Waals surface area contributed by atoms with Crippen LogP contribution in [-0.4, -0.2) is 26.4 Å². The largest absolute Gasteiger partial charge is 0.398 e. The van der Waals surface area contributed by atoms with E-state index in [1.54, 1.807) is 19.1 Å². The van der Waals surface area contributed by atoms with Crippen molar-refractivity contribution in [3.63, 3.8) is 0 Å². The lowest BCUT2D eigenvalue weighted by Crippen LogP contribution is -2.46. The Bertz CT molecular complexity index is 639. The molecule has 0 saturated heterocycles. The molecule has 0 bridgehead atoms. The van der Waals surface area contributed by atoms with E-state index in [1.807, 2.05) is 20.8 Å². The molecular weight excluding hydrogens is 290 g/mol. The van der Waals surface area contributed by atoms with Crippen molar-refractivity contribution in [3.8, 4) is 0 Å². The Morgan fingerprint density at radius 3 is 2.29 bits per heavy atom. The first-order valence-corrected chi connectivity index (χ1v) is 8.23. The first-order chi connectivity index (χ1) is 9.56. The number of nitrogens with one attached hydrogen (secondary N) is 2. The normalized spacial score (nSPS) is 13.2. The lowest BCUT2D eigenvalue weighted by atomic mass is 10.1. The van der Waals surface area contributed by atoms with Crippen molar-refractivity contribution in [2.75, 3.05) is 5.73 Å². The van der Waals surface area contributed by atoms with E-state index in [-0.39, 0.29) is 22.5 Å². The number of aryl methyl sites for hydroxylation is 1. The van der Waals surface area contributed by atoms with E-state index in [0.29, 0.717) is 5.56 Å². The van der Waals surface area contributed by atoms with E-state index in [0.717, 1.165) is 5.56 Å². The van der Waals surface area contributed by atoms with Crippen molar-refractivity contribution in [2.24, 2.45) is 0 Å². The van der Waals surface area contributed by atoms with Crippen molar-refractivity contribution in [3.05, 3.63) is 23.3 Å². The molecule has 1 unspecified atom stereocenters. The average molecular weight is 313 g/mol. The number of nitrogens with two attached hydrogens (primary N) is 1. The van der Waals surface area contributed by atoms with Crippen LogP contribution in [0.1, 0.15) is 31.9 Å². The molecule has 4 N–H and O–H groups in total. The second-order valence-corrected chi connectivity index (χ2v) is 7.08. The van der Waals surface area contributed by atoms with Gasteiger partial charge in [0.05, 0.1) is 11.7 Å². The molecule has 1 rings (SSSR count). The summed E-state index contributed by atoms with van der Waals surface area (Å²) >= 11 is 0. The van der Waals surface area contributed by atoms with E-state index in [1.165, 1.54) is 6.92 Å². The zero-order valence-corrected chi connectivity index (χ0v) is 13.8. The Kier molecular flexibility index (Phi) is 5.36. The zero-order valence-electron chi connectivity index (χ0n) is 13.0. The Morgan fingerprint density at radius 2 is 1.76 bits per heavy atom. The van der Waals surface area contributed by atoms with Gasteiger partial charge in [-0.05, 0) is 51.8 Å². The van der Waals surface area contributed by atoms with Gasteiger partial charge in [0, 0.05) is 6.04 Å². The van der Waals surface area contributed by atoms with E-state index in [4.69, 9.17) is 5.73 Å². The molecule has 6 nitrogen and oxygen atoms in total. The van der Waals surface area contributed by atoms with Crippen molar-refractivity contribution < 1.29 is 13.2 Å². The van der Waals surface area contributed by atoms with Crippen LogP contribution < -0.4 is 15.8 Å². The second kappa shape index (κ2) is 6.44. The minimum absolute atomic E-state index is 0.0340. The predicted octanol–water partition coefficient (Wildman–Crippen LogP) is 1.08. The van der Waals surface area contributed by atoms with Crippen molar-refractivity contribution >= 4 is 21.6 Å². The summed E-state index contributed by atoms with van der Waals surface area (Å²) in [6.07, 6.45) is 0. The fourth-order valence-corrected chi connectivity index (χ4v) is 3.56. The lowest BCUT2D eigenvalue weighted by Gasteiger charge is -2.18. The Labute approximate surface area is 126 Å². The highest BCUT2D eigenvalue weighted by Gasteiger charge is 2.26. The first kappa shape index (κ1) is 17.5. The summed E-state index contributed by atoms with van der Waals surface area (Å²) in [5, 5.41) is 2.66. The van der Waals surface area contributed by atoms with Crippen LogP contribution in [0.15, 0.2) is 17.0 Å². The number of hydrogen-bond donors (Lipinski definition) is 3. The number of carbonyl (C=O) groups excluding carboxylic acids is 1. The van der Waals surface area contributed by atoms with E-state index in [9.17, 15) is 13.2 Å². The number of sulfonamides is 1. The average Bonchev–Trinajstić information content (AvgIpc) is 2.32. The molecule has 1 amide bonds. The SMILES string of the molecule is Cc1ccc(N)c(S(=O)(=O)NC(C)C(=O)NC(C)C)c1C. The summed E-state index contributed by atoms with van der Waals surface area (Å²) < 4.78 is 27.3. The summed E-state index contributed by atoms with van der Waals surface area (Å²) in [6.45, 7) is 8.61. The van der Waals surface area contributed by atoms with Crippen molar-refractivity contribution in [2.45, 2.75) is 51.6 Å². The third-order valence-corrected chi connectivity index (χ3v) is 4.88. The van der Waals surface area contributed by atoms with Crippen LogP contribution in [0, 0.1) is 13.8 Å². The van der Waals surface area contributed by atoms with Gasteiger partial charge in [-0.3, -0.25) is 4.79 Å². The van der Waals surface area contributed by atoms with Gasteiger partial charge < -0.3 is 11.1 Å². The van der Waals surface area contributed by atoms with Crippen LogP contribution >= 0.6 is 0 Å². The number of nitrogen functional groups attached to an aromatic ring is 1. The zero-order chi connectivity index (χ0) is 16.4. The first-order valence-electron chi connectivity index (χ1n) is 6.74. The highest BCUT2D eigenvalue weighted by Crippen LogP contribution is 2.25. The minimum atomic E-state index is -3.86. The van der Waals surface area contributed by atoms with Crippen LogP contribution in [0.3, 0.4) is 0 Å². The molecule has 21 heavy (non-hydrogen) atoms. The van der Waals surface area contributed by atoms with Crippen molar-refractivity contribution in [1.29, 1.82) is 0 Å². The van der Waals surface area contributed by atoms with E-state index in [2.05, 4.69) is 10.0 Å². The summed E-state index contributed by atoms with van der Waals surface area (Å²) in [5.41, 5.74) is 7.36. The van der Waals surface area contributed by atoms with Crippen LogP contribution in [0.2, 0.25) is 0 Å². The van der Waals surface area contributed by atoms with Gasteiger partial charge in [0.1, 0.15) is 4.90 Å². The maximum Gasteiger partial charge on any atom is 0.243 e. The number of anilines is 1. The molecule has 0 spiro atoms. The van der Waals surface area contributed by atoms with Gasteiger partial charge in [-0.15, -0.1) is 0 Å².